The first-order valence-electron chi connectivity index (χ1n) is 9.87. The number of imide groups is 1. The first kappa shape index (κ1) is 19.8. The van der Waals surface area contributed by atoms with E-state index in [1.807, 2.05) is 30.5 Å². The van der Waals surface area contributed by atoms with Crippen molar-refractivity contribution in [1.82, 2.24) is 5.32 Å². The smallest absolute Gasteiger partial charge is 0.326 e. The molecule has 2 fully saturated rings. The topological polar surface area (TPSA) is 75.7 Å². The zero-order chi connectivity index (χ0) is 20.6. The number of rotatable bonds is 6. The van der Waals surface area contributed by atoms with Crippen LogP contribution in [0.1, 0.15) is 37.1 Å². The van der Waals surface area contributed by atoms with Gasteiger partial charge in [0.2, 0.25) is 11.8 Å². The van der Waals surface area contributed by atoms with Crippen LogP contribution < -0.4 is 10.2 Å². The summed E-state index contributed by atoms with van der Waals surface area (Å²) in [6, 6.07) is 12.4. The van der Waals surface area contributed by atoms with E-state index in [0.29, 0.717) is 12.1 Å². The Morgan fingerprint density at radius 3 is 2.55 bits per heavy atom. The lowest BCUT2D eigenvalue weighted by Gasteiger charge is -2.32. The van der Waals surface area contributed by atoms with Crippen molar-refractivity contribution in [3.63, 3.8) is 0 Å². The maximum Gasteiger partial charge on any atom is 0.326 e. The highest BCUT2D eigenvalue weighted by Crippen LogP contribution is 2.52. The first-order valence-corrected chi connectivity index (χ1v) is 10.8. The molecule has 29 heavy (non-hydrogen) atoms. The molecule has 0 radical (unpaired) electrons. The monoisotopic (exact) mass is 412 g/mol. The summed E-state index contributed by atoms with van der Waals surface area (Å²) in [5, 5.41) is 5.33. The molecule has 1 aromatic carbocycles. The Morgan fingerprint density at radius 1 is 1.17 bits per heavy atom. The molecular weight excluding hydrogens is 388 g/mol. The predicted octanol–water partition coefficient (Wildman–Crippen LogP) is 3.30. The third-order valence-corrected chi connectivity index (χ3v) is 6.95. The number of ether oxygens (including phenoxy) is 1. The highest BCUT2D eigenvalue weighted by Gasteiger charge is 2.68. The quantitative estimate of drug-likeness (QED) is 0.582. The number of amides is 2. The molecule has 0 bridgehead atoms. The van der Waals surface area contributed by atoms with Gasteiger partial charge in [0.1, 0.15) is 5.54 Å². The van der Waals surface area contributed by atoms with E-state index < -0.39 is 29.4 Å². The van der Waals surface area contributed by atoms with E-state index in [1.165, 1.54) is 23.3 Å². The molecular formula is C22H24N2O4S. The lowest BCUT2D eigenvalue weighted by Crippen LogP contribution is -2.56. The number of nitrogens with one attached hydrogen (secondary N) is 1. The van der Waals surface area contributed by atoms with Gasteiger partial charge in [0.05, 0.1) is 30.7 Å². The number of unbranched alkanes of at least 4 members (excludes halogenated alkanes) is 1. The largest absolute Gasteiger partial charge is 0.468 e. The Morgan fingerprint density at radius 2 is 1.93 bits per heavy atom. The van der Waals surface area contributed by atoms with Crippen molar-refractivity contribution in [3.8, 4) is 0 Å². The van der Waals surface area contributed by atoms with Gasteiger partial charge in [-0.15, -0.1) is 11.3 Å². The van der Waals surface area contributed by atoms with Crippen LogP contribution in [0.3, 0.4) is 0 Å². The van der Waals surface area contributed by atoms with Gasteiger partial charge in [0.25, 0.3) is 0 Å². The lowest BCUT2D eigenvalue weighted by atomic mass is 9.77. The molecule has 3 heterocycles. The summed E-state index contributed by atoms with van der Waals surface area (Å²) in [7, 11) is 1.33. The SMILES string of the molecule is CCCC[C@@]1(C(=O)OC)N[C@@H](c2cccs2)[C@H]2C(=O)N(c3ccccc3)C(=O)[C@@H]21. The van der Waals surface area contributed by atoms with Crippen LogP contribution in [0.2, 0.25) is 0 Å². The number of nitrogens with zero attached hydrogens (tertiary/aromatic N) is 1. The van der Waals surface area contributed by atoms with E-state index in [9.17, 15) is 14.4 Å². The van der Waals surface area contributed by atoms with Crippen molar-refractivity contribution in [2.45, 2.75) is 37.8 Å². The Labute approximate surface area is 173 Å². The summed E-state index contributed by atoms with van der Waals surface area (Å²) in [6.07, 6.45) is 2.06. The first-order chi connectivity index (χ1) is 14.0. The fraction of sp³-hybridized carbons (Fsp3) is 0.409. The van der Waals surface area contributed by atoms with Gasteiger partial charge in [-0.3, -0.25) is 19.7 Å². The number of hydrogen-bond donors (Lipinski definition) is 1. The number of hydrogen-bond acceptors (Lipinski definition) is 6. The molecule has 0 saturated carbocycles. The number of benzene rings is 1. The van der Waals surface area contributed by atoms with Gasteiger partial charge < -0.3 is 4.74 Å². The summed E-state index contributed by atoms with van der Waals surface area (Å²) in [4.78, 5) is 42.3. The molecule has 2 saturated heterocycles. The molecule has 0 aliphatic carbocycles. The Hall–Kier alpha value is -2.51. The second kappa shape index (κ2) is 7.72. The van der Waals surface area contributed by atoms with E-state index in [1.54, 1.807) is 24.3 Å². The molecule has 4 atom stereocenters. The van der Waals surface area contributed by atoms with E-state index in [0.717, 1.165) is 17.7 Å². The van der Waals surface area contributed by atoms with E-state index in [4.69, 9.17) is 4.74 Å². The van der Waals surface area contributed by atoms with E-state index in [2.05, 4.69) is 5.32 Å². The van der Waals surface area contributed by atoms with Crippen molar-refractivity contribution in [2.24, 2.45) is 11.8 Å². The predicted molar refractivity (Wildman–Crippen MR) is 110 cm³/mol. The fourth-order valence-corrected chi connectivity index (χ4v) is 5.53. The molecule has 152 valence electrons. The number of esters is 1. The van der Waals surface area contributed by atoms with Crippen molar-refractivity contribution >= 4 is 34.8 Å². The van der Waals surface area contributed by atoms with Gasteiger partial charge in [-0.2, -0.15) is 0 Å². The van der Waals surface area contributed by atoms with Crippen LogP contribution in [0.25, 0.3) is 0 Å². The molecule has 0 spiro atoms. The maximum absolute atomic E-state index is 13.6. The molecule has 4 rings (SSSR count). The minimum absolute atomic E-state index is 0.264. The van der Waals surface area contributed by atoms with Crippen LogP contribution in [0.5, 0.6) is 0 Å². The summed E-state index contributed by atoms with van der Waals surface area (Å²) < 4.78 is 5.15. The van der Waals surface area contributed by atoms with Crippen LogP contribution in [0.4, 0.5) is 5.69 Å². The maximum atomic E-state index is 13.6. The average molecular weight is 413 g/mol. The minimum Gasteiger partial charge on any atom is -0.468 e. The molecule has 2 aromatic rings. The average Bonchev–Trinajstić information content (AvgIpc) is 3.44. The van der Waals surface area contributed by atoms with Gasteiger partial charge in [-0.25, -0.2) is 4.90 Å². The molecule has 2 amide bonds. The third kappa shape index (κ3) is 3.00. The number of methoxy groups -OCH3 is 1. The van der Waals surface area contributed by atoms with E-state index in [-0.39, 0.29) is 11.8 Å². The highest BCUT2D eigenvalue weighted by molar-refractivity contribution is 7.10. The Kier molecular flexibility index (Phi) is 5.27. The lowest BCUT2D eigenvalue weighted by molar-refractivity contribution is -0.152. The summed E-state index contributed by atoms with van der Waals surface area (Å²) >= 11 is 1.52. The zero-order valence-corrected chi connectivity index (χ0v) is 17.3. The highest BCUT2D eigenvalue weighted by atomic mass is 32.1. The third-order valence-electron chi connectivity index (χ3n) is 5.99. The molecule has 1 N–H and O–H groups in total. The standard InChI is InChI=1S/C22H24N2O4S/c1-3-4-12-22(21(27)28-2)17-16(18(23-22)15-11-8-13-29-15)19(25)24(20(17)26)14-9-6-5-7-10-14/h5-11,13,16-18,23H,3-4,12H2,1-2H3/t16-,17+,18-,22+/m0/s1. The van der Waals surface area contributed by atoms with Crippen LogP contribution in [-0.2, 0) is 19.1 Å². The molecule has 0 unspecified atom stereocenters. The minimum atomic E-state index is -1.21. The molecule has 6 nitrogen and oxygen atoms in total. The Balaban J connectivity index is 1.84. The van der Waals surface area contributed by atoms with Crippen LogP contribution in [0.15, 0.2) is 47.8 Å². The zero-order valence-electron chi connectivity index (χ0n) is 16.5. The normalized spacial score (nSPS) is 28.6. The van der Waals surface area contributed by atoms with Crippen LogP contribution in [-0.4, -0.2) is 30.4 Å². The number of carbonyl (C=O) groups is 3. The van der Waals surface area contributed by atoms with Crippen molar-refractivity contribution in [2.75, 3.05) is 12.0 Å². The number of anilines is 1. The van der Waals surface area contributed by atoms with Crippen LogP contribution in [0, 0.1) is 11.8 Å². The van der Waals surface area contributed by atoms with Gasteiger partial charge in [0.15, 0.2) is 0 Å². The second-order valence-electron chi connectivity index (χ2n) is 7.55. The Bertz CT molecular complexity index is 914. The van der Waals surface area contributed by atoms with Gasteiger partial charge in [0, 0.05) is 4.88 Å². The van der Waals surface area contributed by atoms with Crippen molar-refractivity contribution < 1.29 is 19.1 Å². The second-order valence-corrected chi connectivity index (χ2v) is 8.53. The van der Waals surface area contributed by atoms with Crippen molar-refractivity contribution in [3.05, 3.63) is 52.7 Å². The summed E-state index contributed by atoms with van der Waals surface area (Å²) in [5.74, 6) is -2.51. The number of thiophene rings is 1. The number of carbonyl (C=O) groups excluding carboxylic acids is 3. The summed E-state index contributed by atoms with van der Waals surface area (Å²) in [6.45, 7) is 2.03. The van der Waals surface area contributed by atoms with E-state index >= 15 is 0 Å². The summed E-state index contributed by atoms with van der Waals surface area (Å²) in [5.41, 5.74) is -0.670. The molecule has 7 heteroatoms. The number of para-hydroxylation sites is 1. The fourth-order valence-electron chi connectivity index (χ4n) is 4.70. The van der Waals surface area contributed by atoms with Gasteiger partial charge >= 0.3 is 5.97 Å². The van der Waals surface area contributed by atoms with Gasteiger partial charge in [-0.1, -0.05) is 44.0 Å². The van der Waals surface area contributed by atoms with Gasteiger partial charge in [-0.05, 0) is 30.0 Å². The molecule has 1 aromatic heterocycles. The van der Waals surface area contributed by atoms with Crippen molar-refractivity contribution in [1.29, 1.82) is 0 Å². The molecule has 2 aliphatic rings. The number of fused-ring (bicyclic) bond motifs is 1. The van der Waals surface area contributed by atoms with Crippen LogP contribution >= 0.6 is 11.3 Å². The molecule has 2 aliphatic heterocycles.